The number of rotatable bonds is 4. The third-order valence-electron chi connectivity index (χ3n) is 4.09. The molecule has 1 aromatic rings. The molecule has 0 aliphatic carbocycles. The standard InChI is InChI=1S/C17H27NO3/c1-5-8-18-10-14-11-6-7-13(19)16(20)12(11)9-15(21-14)17(2,3)4/h6-7,14-15,18-20H,5,8-10H2,1-4H3/t14-,15-/m0/s1. The minimum Gasteiger partial charge on any atom is -0.504 e. The van der Waals surface area contributed by atoms with Crippen LogP contribution >= 0.6 is 0 Å². The van der Waals surface area contributed by atoms with E-state index < -0.39 is 0 Å². The molecule has 1 aliphatic rings. The Morgan fingerprint density at radius 1 is 1.29 bits per heavy atom. The largest absolute Gasteiger partial charge is 0.504 e. The average molecular weight is 293 g/mol. The number of fused-ring (bicyclic) bond motifs is 1. The van der Waals surface area contributed by atoms with Crippen molar-refractivity contribution in [3.63, 3.8) is 0 Å². The molecule has 0 saturated heterocycles. The van der Waals surface area contributed by atoms with Crippen molar-refractivity contribution in [2.24, 2.45) is 5.41 Å². The second-order valence-electron chi connectivity index (χ2n) is 6.89. The highest BCUT2D eigenvalue weighted by Crippen LogP contribution is 2.43. The Balaban J connectivity index is 2.31. The van der Waals surface area contributed by atoms with Crippen LogP contribution in [0.5, 0.6) is 11.5 Å². The fourth-order valence-electron chi connectivity index (χ4n) is 2.74. The Hall–Kier alpha value is -1.26. The summed E-state index contributed by atoms with van der Waals surface area (Å²) >= 11 is 0. The Kier molecular flexibility index (Phi) is 4.79. The highest BCUT2D eigenvalue weighted by atomic mass is 16.5. The van der Waals surface area contributed by atoms with Crippen molar-refractivity contribution in [1.82, 2.24) is 5.32 Å². The maximum absolute atomic E-state index is 10.2. The quantitative estimate of drug-likeness (QED) is 0.589. The minimum absolute atomic E-state index is 0.00513. The van der Waals surface area contributed by atoms with Crippen molar-refractivity contribution in [2.45, 2.75) is 52.7 Å². The summed E-state index contributed by atoms with van der Waals surface area (Å²) in [4.78, 5) is 0. The predicted molar refractivity (Wildman–Crippen MR) is 83.7 cm³/mol. The second kappa shape index (κ2) is 6.24. The fourth-order valence-corrected chi connectivity index (χ4v) is 2.74. The lowest BCUT2D eigenvalue weighted by Crippen LogP contribution is -2.39. The molecule has 118 valence electrons. The van der Waals surface area contributed by atoms with Gasteiger partial charge < -0.3 is 20.3 Å². The number of aromatic hydroxyl groups is 2. The summed E-state index contributed by atoms with van der Waals surface area (Å²) in [7, 11) is 0. The van der Waals surface area contributed by atoms with Crippen LogP contribution in [0.3, 0.4) is 0 Å². The molecule has 0 bridgehead atoms. The number of hydrogen-bond acceptors (Lipinski definition) is 4. The molecule has 4 nitrogen and oxygen atoms in total. The summed E-state index contributed by atoms with van der Waals surface area (Å²) in [5, 5.41) is 23.3. The van der Waals surface area contributed by atoms with Gasteiger partial charge in [0.05, 0.1) is 12.2 Å². The molecule has 0 fully saturated rings. The molecule has 2 atom stereocenters. The van der Waals surface area contributed by atoms with Crippen molar-refractivity contribution in [3.8, 4) is 11.5 Å². The van der Waals surface area contributed by atoms with Crippen LogP contribution in [0.1, 0.15) is 51.3 Å². The zero-order valence-electron chi connectivity index (χ0n) is 13.4. The number of ether oxygens (including phenoxy) is 1. The van der Waals surface area contributed by atoms with E-state index in [1.165, 1.54) is 0 Å². The van der Waals surface area contributed by atoms with Crippen LogP contribution in [0.15, 0.2) is 12.1 Å². The molecule has 0 amide bonds. The highest BCUT2D eigenvalue weighted by Gasteiger charge is 2.36. The molecule has 1 heterocycles. The summed E-state index contributed by atoms with van der Waals surface area (Å²) < 4.78 is 6.26. The van der Waals surface area contributed by atoms with E-state index in [9.17, 15) is 10.2 Å². The smallest absolute Gasteiger partial charge is 0.161 e. The van der Waals surface area contributed by atoms with Crippen LogP contribution in [-0.4, -0.2) is 29.4 Å². The molecule has 2 rings (SSSR count). The van der Waals surface area contributed by atoms with Crippen molar-refractivity contribution < 1.29 is 14.9 Å². The van der Waals surface area contributed by atoms with Crippen LogP contribution in [0.4, 0.5) is 0 Å². The monoisotopic (exact) mass is 293 g/mol. The normalized spacial score (nSPS) is 22.1. The van der Waals surface area contributed by atoms with E-state index in [0.717, 1.165) is 30.6 Å². The van der Waals surface area contributed by atoms with E-state index in [4.69, 9.17) is 4.74 Å². The number of phenolic OH excluding ortho intramolecular Hbond substituents is 2. The summed E-state index contributed by atoms with van der Waals surface area (Å²) in [5.74, 6) is -0.0471. The second-order valence-corrected chi connectivity index (χ2v) is 6.89. The Labute approximate surface area is 127 Å². The lowest BCUT2D eigenvalue weighted by Gasteiger charge is -2.39. The first-order chi connectivity index (χ1) is 9.84. The zero-order chi connectivity index (χ0) is 15.6. The molecule has 0 radical (unpaired) electrons. The lowest BCUT2D eigenvalue weighted by molar-refractivity contribution is -0.0775. The molecule has 3 N–H and O–H groups in total. The van der Waals surface area contributed by atoms with E-state index in [0.29, 0.717) is 6.42 Å². The first kappa shape index (κ1) is 16.1. The third kappa shape index (κ3) is 3.50. The third-order valence-corrected chi connectivity index (χ3v) is 4.09. The molecule has 1 aliphatic heterocycles. The van der Waals surface area contributed by atoms with Crippen LogP contribution < -0.4 is 5.32 Å². The molecule has 1 aromatic carbocycles. The molecule has 4 heteroatoms. The number of nitrogens with one attached hydrogen (secondary N) is 1. The molecular formula is C17H27NO3. The van der Waals surface area contributed by atoms with E-state index in [-0.39, 0.29) is 29.1 Å². The van der Waals surface area contributed by atoms with Gasteiger partial charge in [-0.15, -0.1) is 0 Å². The lowest BCUT2D eigenvalue weighted by atomic mass is 9.81. The Bertz CT molecular complexity index is 494. The number of phenols is 2. The van der Waals surface area contributed by atoms with Gasteiger partial charge in [0, 0.05) is 18.5 Å². The van der Waals surface area contributed by atoms with E-state index in [2.05, 4.69) is 33.0 Å². The first-order valence-corrected chi connectivity index (χ1v) is 7.74. The van der Waals surface area contributed by atoms with Crippen LogP contribution in [0, 0.1) is 5.41 Å². The Morgan fingerprint density at radius 3 is 2.62 bits per heavy atom. The van der Waals surface area contributed by atoms with Crippen molar-refractivity contribution in [2.75, 3.05) is 13.1 Å². The van der Waals surface area contributed by atoms with Gasteiger partial charge in [0.2, 0.25) is 0 Å². The summed E-state index contributed by atoms with van der Waals surface area (Å²) in [6.07, 6.45) is 1.63. The SMILES string of the molecule is CCCNC[C@@H]1O[C@H](C(C)(C)C)Cc2c1ccc(O)c2O. The van der Waals surface area contributed by atoms with Crippen molar-refractivity contribution in [1.29, 1.82) is 0 Å². The molecule has 0 spiro atoms. The van der Waals surface area contributed by atoms with Gasteiger partial charge in [0.15, 0.2) is 11.5 Å². The predicted octanol–water partition coefficient (Wildman–Crippen LogP) is 3.13. The van der Waals surface area contributed by atoms with Crippen molar-refractivity contribution in [3.05, 3.63) is 23.3 Å². The van der Waals surface area contributed by atoms with Gasteiger partial charge in [-0.1, -0.05) is 33.8 Å². The highest BCUT2D eigenvalue weighted by molar-refractivity contribution is 5.51. The van der Waals surface area contributed by atoms with Gasteiger partial charge in [-0.3, -0.25) is 0 Å². The van der Waals surface area contributed by atoms with Crippen LogP contribution in [0.2, 0.25) is 0 Å². The molecule has 21 heavy (non-hydrogen) atoms. The number of benzene rings is 1. The van der Waals surface area contributed by atoms with Gasteiger partial charge in [0.25, 0.3) is 0 Å². The summed E-state index contributed by atoms with van der Waals surface area (Å²) in [6.45, 7) is 10.2. The van der Waals surface area contributed by atoms with E-state index >= 15 is 0 Å². The summed E-state index contributed by atoms with van der Waals surface area (Å²) in [6, 6.07) is 3.41. The van der Waals surface area contributed by atoms with E-state index in [1.807, 2.05) is 6.07 Å². The summed E-state index contributed by atoms with van der Waals surface area (Å²) in [5.41, 5.74) is 1.79. The zero-order valence-corrected chi connectivity index (χ0v) is 13.4. The van der Waals surface area contributed by atoms with Gasteiger partial charge in [0.1, 0.15) is 0 Å². The maximum Gasteiger partial charge on any atom is 0.161 e. The maximum atomic E-state index is 10.2. The fraction of sp³-hybridized carbons (Fsp3) is 0.647. The van der Waals surface area contributed by atoms with Gasteiger partial charge in [-0.25, -0.2) is 0 Å². The Morgan fingerprint density at radius 2 is 2.00 bits per heavy atom. The average Bonchev–Trinajstić information content (AvgIpc) is 2.42. The van der Waals surface area contributed by atoms with Gasteiger partial charge in [-0.2, -0.15) is 0 Å². The van der Waals surface area contributed by atoms with Crippen molar-refractivity contribution >= 4 is 0 Å². The molecule has 0 aromatic heterocycles. The topological polar surface area (TPSA) is 61.7 Å². The van der Waals surface area contributed by atoms with Gasteiger partial charge >= 0.3 is 0 Å². The van der Waals surface area contributed by atoms with E-state index in [1.54, 1.807) is 6.07 Å². The minimum atomic E-state index is -0.0870. The first-order valence-electron chi connectivity index (χ1n) is 7.74. The molecule has 0 unspecified atom stereocenters. The number of hydrogen-bond donors (Lipinski definition) is 3. The molecular weight excluding hydrogens is 266 g/mol. The molecule has 0 saturated carbocycles. The van der Waals surface area contributed by atoms with Gasteiger partial charge in [-0.05, 0) is 30.0 Å². The van der Waals surface area contributed by atoms with Crippen LogP contribution in [0.25, 0.3) is 0 Å². The van der Waals surface area contributed by atoms with Crippen LogP contribution in [-0.2, 0) is 11.2 Å².